The number of benzene rings is 1. The number of hydrogen-bond acceptors (Lipinski definition) is 7. The molecule has 1 fully saturated rings. The molecule has 1 aliphatic rings. The normalized spacial score (nSPS) is 18.4. The van der Waals surface area contributed by atoms with E-state index in [0.717, 1.165) is 19.3 Å². The smallest absolute Gasteiger partial charge is 0.286 e. The van der Waals surface area contributed by atoms with Crippen LogP contribution in [0.15, 0.2) is 40.0 Å². The molecule has 0 spiro atoms. The zero-order valence-corrected chi connectivity index (χ0v) is 16.3. The summed E-state index contributed by atoms with van der Waals surface area (Å²) in [5.41, 5.74) is 0.559. The largest absolute Gasteiger partial charge is 0.408 e. The Morgan fingerprint density at radius 2 is 1.90 bits per heavy atom. The standard InChI is InChI=1S/C19H22N4O4S.CH4.H2/c1-28-19-23-22-18(27-19)15(24)11-20-17(26)13-9-5-6-10-14(13)21-16(25)12-7-3-2-4-8-12;;/h2-4,7-8,13-14H,5-6,9-11H2,1H3,(H,20,26)(H,21,25);1H4;1H/t13-,14+;;/m1../s1. The number of hydrogen-bond donors (Lipinski definition) is 2. The second kappa shape index (κ2) is 10.8. The van der Waals surface area contributed by atoms with Gasteiger partial charge in [-0.05, 0) is 31.2 Å². The first-order valence-corrected chi connectivity index (χ1v) is 10.3. The third-order valence-corrected chi connectivity index (χ3v) is 5.21. The number of nitrogens with zero attached hydrogens (tertiary/aromatic N) is 2. The highest BCUT2D eigenvalue weighted by Crippen LogP contribution is 2.25. The summed E-state index contributed by atoms with van der Waals surface area (Å²) in [5.74, 6) is -1.39. The predicted octanol–water partition coefficient (Wildman–Crippen LogP) is 2.96. The molecule has 8 nitrogen and oxygen atoms in total. The van der Waals surface area contributed by atoms with Gasteiger partial charge in [0.1, 0.15) is 0 Å². The quantitative estimate of drug-likeness (QED) is 0.523. The molecule has 1 aromatic heterocycles. The molecule has 1 aromatic carbocycles. The summed E-state index contributed by atoms with van der Waals surface area (Å²) in [6.07, 6.45) is 5.01. The highest BCUT2D eigenvalue weighted by molar-refractivity contribution is 7.98. The van der Waals surface area contributed by atoms with Crippen molar-refractivity contribution in [2.75, 3.05) is 12.8 Å². The minimum atomic E-state index is -0.443. The molecule has 29 heavy (non-hydrogen) atoms. The van der Waals surface area contributed by atoms with E-state index in [1.807, 2.05) is 6.07 Å². The van der Waals surface area contributed by atoms with E-state index in [0.29, 0.717) is 17.2 Å². The van der Waals surface area contributed by atoms with Crippen molar-refractivity contribution >= 4 is 29.4 Å². The number of ketones is 1. The minimum Gasteiger partial charge on any atom is -0.408 e. The third-order valence-electron chi connectivity index (χ3n) is 4.70. The molecule has 9 heteroatoms. The van der Waals surface area contributed by atoms with Crippen LogP contribution in [0, 0.1) is 5.92 Å². The van der Waals surface area contributed by atoms with Crippen LogP contribution in [0.1, 0.15) is 55.6 Å². The molecular formula is C20H28N4O4S. The first-order valence-electron chi connectivity index (χ1n) is 9.13. The van der Waals surface area contributed by atoms with E-state index in [1.165, 1.54) is 11.8 Å². The van der Waals surface area contributed by atoms with Crippen LogP contribution in [0.5, 0.6) is 0 Å². The summed E-state index contributed by atoms with van der Waals surface area (Å²) < 4.78 is 5.18. The van der Waals surface area contributed by atoms with E-state index in [9.17, 15) is 14.4 Å². The Balaban J connectivity index is 0.00000225. The maximum Gasteiger partial charge on any atom is 0.286 e. The lowest BCUT2D eigenvalue weighted by molar-refractivity contribution is -0.126. The van der Waals surface area contributed by atoms with Gasteiger partial charge >= 0.3 is 0 Å². The molecule has 0 aliphatic heterocycles. The molecule has 0 saturated heterocycles. The van der Waals surface area contributed by atoms with Gasteiger partial charge in [0, 0.05) is 13.0 Å². The van der Waals surface area contributed by atoms with Gasteiger partial charge in [-0.15, -0.1) is 10.2 Å². The zero-order valence-electron chi connectivity index (χ0n) is 15.5. The summed E-state index contributed by atoms with van der Waals surface area (Å²) >= 11 is 1.24. The highest BCUT2D eigenvalue weighted by Gasteiger charge is 2.32. The van der Waals surface area contributed by atoms with Gasteiger partial charge in [-0.2, -0.15) is 0 Å². The average molecular weight is 421 g/mol. The van der Waals surface area contributed by atoms with Crippen LogP contribution < -0.4 is 10.6 Å². The number of carbonyl (C=O) groups excluding carboxylic acids is 3. The molecule has 2 amide bonds. The molecule has 1 saturated carbocycles. The van der Waals surface area contributed by atoms with E-state index < -0.39 is 5.78 Å². The van der Waals surface area contributed by atoms with Crippen LogP contribution >= 0.6 is 11.8 Å². The third kappa shape index (κ3) is 5.90. The van der Waals surface area contributed by atoms with E-state index >= 15 is 0 Å². The van der Waals surface area contributed by atoms with Gasteiger partial charge in [0.15, 0.2) is 0 Å². The summed E-state index contributed by atoms with van der Waals surface area (Å²) in [7, 11) is 0. The first kappa shape index (κ1) is 22.6. The average Bonchev–Trinajstić information content (AvgIpc) is 3.22. The van der Waals surface area contributed by atoms with Crippen molar-refractivity contribution in [3.8, 4) is 0 Å². The Morgan fingerprint density at radius 3 is 2.59 bits per heavy atom. The number of amides is 2. The predicted molar refractivity (Wildman–Crippen MR) is 112 cm³/mol. The van der Waals surface area contributed by atoms with Crippen molar-refractivity contribution in [3.63, 3.8) is 0 Å². The number of aromatic nitrogens is 2. The lowest BCUT2D eigenvalue weighted by Crippen LogP contribution is -2.49. The van der Waals surface area contributed by atoms with Gasteiger partial charge in [-0.3, -0.25) is 14.4 Å². The van der Waals surface area contributed by atoms with Gasteiger partial charge in [-0.25, -0.2) is 0 Å². The number of rotatable bonds is 7. The van der Waals surface area contributed by atoms with Crippen LogP contribution in [-0.4, -0.2) is 46.6 Å². The van der Waals surface area contributed by atoms with E-state index in [2.05, 4.69) is 20.8 Å². The topological polar surface area (TPSA) is 114 Å². The maximum atomic E-state index is 12.6. The van der Waals surface area contributed by atoms with Crippen LogP contribution in [-0.2, 0) is 4.79 Å². The summed E-state index contributed by atoms with van der Waals surface area (Å²) in [4.78, 5) is 37.2. The van der Waals surface area contributed by atoms with Gasteiger partial charge in [0.25, 0.3) is 17.0 Å². The Morgan fingerprint density at radius 1 is 1.17 bits per heavy atom. The van der Waals surface area contributed by atoms with Crippen LogP contribution in [0.25, 0.3) is 0 Å². The Hall–Kier alpha value is -2.68. The molecule has 2 N–H and O–H groups in total. The molecule has 2 atom stereocenters. The highest BCUT2D eigenvalue weighted by atomic mass is 32.2. The molecule has 0 radical (unpaired) electrons. The second-order valence-electron chi connectivity index (χ2n) is 6.56. The van der Waals surface area contributed by atoms with Crippen LogP contribution in [0.2, 0.25) is 0 Å². The Labute approximate surface area is 175 Å². The SMILES string of the molecule is C.CSc1nnc(C(=O)CNC(=O)[C@@H]2CCCC[C@@H]2NC(=O)c2ccccc2)o1.[HH]. The van der Waals surface area contributed by atoms with E-state index in [4.69, 9.17) is 4.42 Å². The Kier molecular flexibility index (Phi) is 8.38. The van der Waals surface area contributed by atoms with Crippen molar-refractivity contribution in [1.29, 1.82) is 0 Å². The number of nitrogens with one attached hydrogen (secondary N) is 2. The van der Waals surface area contributed by atoms with E-state index in [-0.39, 0.29) is 45.1 Å². The van der Waals surface area contributed by atoms with Crippen molar-refractivity contribution in [2.24, 2.45) is 5.92 Å². The molecular weight excluding hydrogens is 392 g/mol. The van der Waals surface area contributed by atoms with Crippen molar-refractivity contribution in [3.05, 3.63) is 41.8 Å². The molecule has 1 aliphatic carbocycles. The van der Waals surface area contributed by atoms with Crippen molar-refractivity contribution < 1.29 is 20.2 Å². The summed E-state index contributed by atoms with van der Waals surface area (Å²) in [5, 5.41) is 13.3. The Bertz CT molecular complexity index is 846. The number of thioether (sulfide) groups is 1. The molecule has 0 unspecified atom stereocenters. The molecule has 2 aromatic rings. The molecule has 158 valence electrons. The first-order chi connectivity index (χ1) is 13.6. The fourth-order valence-electron chi connectivity index (χ4n) is 3.24. The maximum absolute atomic E-state index is 12.6. The molecule has 1 heterocycles. The summed E-state index contributed by atoms with van der Waals surface area (Å²) in [6.45, 7) is -0.218. The van der Waals surface area contributed by atoms with E-state index in [1.54, 1.807) is 30.5 Å². The summed E-state index contributed by atoms with van der Waals surface area (Å²) in [6, 6.07) is 8.65. The lowest BCUT2D eigenvalue weighted by Gasteiger charge is -2.31. The number of Topliss-reactive ketones (excluding diaryl/α,β-unsaturated/α-hetero) is 1. The molecule has 3 rings (SSSR count). The second-order valence-corrected chi connectivity index (χ2v) is 7.31. The minimum absolute atomic E-state index is 0. The number of carbonyl (C=O) groups is 3. The van der Waals surface area contributed by atoms with Crippen molar-refractivity contribution in [1.82, 2.24) is 20.8 Å². The fraction of sp³-hybridized carbons (Fsp3) is 0.450. The zero-order chi connectivity index (χ0) is 19.9. The lowest BCUT2D eigenvalue weighted by atomic mass is 9.83. The van der Waals surface area contributed by atoms with Gasteiger partial charge < -0.3 is 15.1 Å². The van der Waals surface area contributed by atoms with Crippen molar-refractivity contribution in [2.45, 2.75) is 44.4 Å². The monoisotopic (exact) mass is 420 g/mol. The van der Waals surface area contributed by atoms with Crippen LogP contribution in [0.3, 0.4) is 0 Å². The van der Waals surface area contributed by atoms with Gasteiger partial charge in [0.05, 0.1) is 12.5 Å². The molecule has 0 bridgehead atoms. The van der Waals surface area contributed by atoms with Gasteiger partial charge in [-0.1, -0.05) is 50.2 Å². The van der Waals surface area contributed by atoms with Gasteiger partial charge in [0.2, 0.25) is 11.7 Å². The van der Waals surface area contributed by atoms with Crippen LogP contribution in [0.4, 0.5) is 0 Å². The fourth-order valence-corrected chi connectivity index (χ4v) is 3.52.